The molecule has 32 heavy (non-hydrogen) atoms. The van der Waals surface area contributed by atoms with E-state index in [1.54, 1.807) is 30.5 Å². The highest BCUT2D eigenvalue weighted by molar-refractivity contribution is 5.94. The summed E-state index contributed by atoms with van der Waals surface area (Å²) in [6.45, 7) is 3.15. The summed E-state index contributed by atoms with van der Waals surface area (Å²) in [5.74, 6) is 0.180. The molecule has 6 heteroatoms. The lowest BCUT2D eigenvalue weighted by Crippen LogP contribution is -2.36. The summed E-state index contributed by atoms with van der Waals surface area (Å²) in [5, 5.41) is 8.76. The van der Waals surface area contributed by atoms with Crippen LogP contribution in [0, 0.1) is 0 Å². The van der Waals surface area contributed by atoms with E-state index in [2.05, 4.69) is 0 Å². The SMILES string of the molecule is [2H]C(c1ccccc1OCCCCC(=O)O)N(C(=O)c1ccc(-c2ccco2)cc1)C(C)C. The first-order valence-corrected chi connectivity index (χ1v) is 10.7. The Morgan fingerprint density at radius 3 is 2.47 bits per heavy atom. The van der Waals surface area contributed by atoms with Crippen LogP contribution in [0.15, 0.2) is 71.3 Å². The van der Waals surface area contributed by atoms with Crippen molar-refractivity contribution in [1.82, 2.24) is 4.90 Å². The summed E-state index contributed by atoms with van der Waals surface area (Å²) < 4.78 is 20.1. The fraction of sp³-hybridized carbons (Fsp3) is 0.308. The van der Waals surface area contributed by atoms with Gasteiger partial charge in [-0.3, -0.25) is 9.59 Å². The van der Waals surface area contributed by atoms with E-state index in [1.807, 2.05) is 50.2 Å². The van der Waals surface area contributed by atoms with Crippen LogP contribution in [0.1, 0.15) is 50.4 Å². The number of furan rings is 1. The van der Waals surface area contributed by atoms with Crippen LogP contribution in [0.5, 0.6) is 5.75 Å². The Bertz CT molecular complexity index is 1050. The third-order valence-electron chi connectivity index (χ3n) is 4.97. The topological polar surface area (TPSA) is 80.0 Å². The molecule has 1 unspecified atom stereocenters. The number of para-hydroxylation sites is 1. The summed E-state index contributed by atoms with van der Waals surface area (Å²) >= 11 is 0. The molecule has 1 amide bonds. The molecule has 0 saturated carbocycles. The zero-order chi connectivity index (χ0) is 23.8. The molecular formula is C26H29NO5. The average molecular weight is 437 g/mol. The first kappa shape index (κ1) is 21.7. The van der Waals surface area contributed by atoms with Crippen molar-refractivity contribution in [2.24, 2.45) is 0 Å². The smallest absolute Gasteiger partial charge is 0.303 e. The van der Waals surface area contributed by atoms with Crippen LogP contribution in [0.25, 0.3) is 11.3 Å². The molecule has 0 radical (unpaired) electrons. The van der Waals surface area contributed by atoms with Gasteiger partial charge in [-0.25, -0.2) is 0 Å². The highest BCUT2D eigenvalue weighted by Gasteiger charge is 2.21. The van der Waals surface area contributed by atoms with Crippen LogP contribution in [-0.2, 0) is 11.3 Å². The minimum absolute atomic E-state index is 0.0976. The molecule has 0 bridgehead atoms. The Morgan fingerprint density at radius 1 is 1.06 bits per heavy atom. The van der Waals surface area contributed by atoms with Gasteiger partial charge in [-0.2, -0.15) is 0 Å². The number of carbonyl (C=O) groups is 2. The molecule has 3 aromatic rings. The molecule has 0 aliphatic heterocycles. The van der Waals surface area contributed by atoms with Gasteiger partial charge >= 0.3 is 5.97 Å². The Balaban J connectivity index is 1.75. The van der Waals surface area contributed by atoms with E-state index in [0.717, 1.165) is 11.3 Å². The van der Waals surface area contributed by atoms with Crippen molar-refractivity contribution in [3.63, 3.8) is 0 Å². The quantitative estimate of drug-likeness (QED) is 0.394. The van der Waals surface area contributed by atoms with Gasteiger partial charge in [0.15, 0.2) is 0 Å². The summed E-state index contributed by atoms with van der Waals surface area (Å²) in [4.78, 5) is 25.5. The molecule has 6 nitrogen and oxygen atoms in total. The van der Waals surface area contributed by atoms with Crippen LogP contribution in [0.4, 0.5) is 0 Å². The molecule has 1 heterocycles. The van der Waals surface area contributed by atoms with Crippen molar-refractivity contribution in [3.05, 3.63) is 78.1 Å². The number of carboxylic acid groups (broad SMARTS) is 1. The van der Waals surface area contributed by atoms with Gasteiger partial charge in [0.2, 0.25) is 0 Å². The fourth-order valence-electron chi connectivity index (χ4n) is 3.24. The zero-order valence-electron chi connectivity index (χ0n) is 19.4. The van der Waals surface area contributed by atoms with Gasteiger partial charge < -0.3 is 19.2 Å². The van der Waals surface area contributed by atoms with Crippen molar-refractivity contribution < 1.29 is 25.2 Å². The van der Waals surface area contributed by atoms with Gasteiger partial charge in [0.25, 0.3) is 5.91 Å². The number of amides is 1. The van der Waals surface area contributed by atoms with Crippen molar-refractivity contribution >= 4 is 11.9 Å². The molecule has 1 aromatic heterocycles. The highest BCUT2D eigenvalue weighted by atomic mass is 16.5. The lowest BCUT2D eigenvalue weighted by molar-refractivity contribution is -0.137. The van der Waals surface area contributed by atoms with E-state index >= 15 is 0 Å². The molecule has 0 aliphatic rings. The minimum Gasteiger partial charge on any atom is -0.493 e. The number of aliphatic carboxylic acids is 1. The molecule has 0 saturated heterocycles. The largest absolute Gasteiger partial charge is 0.493 e. The number of carboxylic acids is 1. The van der Waals surface area contributed by atoms with Crippen LogP contribution < -0.4 is 4.74 Å². The third kappa shape index (κ3) is 6.23. The Hall–Kier alpha value is -3.54. The molecule has 168 valence electrons. The van der Waals surface area contributed by atoms with Crippen molar-refractivity contribution in [2.75, 3.05) is 6.61 Å². The average Bonchev–Trinajstić information content (AvgIpc) is 3.34. The third-order valence-corrected chi connectivity index (χ3v) is 4.97. The molecular weight excluding hydrogens is 406 g/mol. The number of carbonyl (C=O) groups excluding carboxylic acids is 1. The monoisotopic (exact) mass is 436 g/mol. The number of nitrogens with zero attached hydrogens (tertiary/aromatic N) is 1. The van der Waals surface area contributed by atoms with Crippen molar-refractivity contribution in [1.29, 1.82) is 0 Å². The van der Waals surface area contributed by atoms with E-state index in [9.17, 15) is 9.59 Å². The summed E-state index contributed by atoms with van der Waals surface area (Å²) in [6.07, 6.45) is 2.82. The standard InChI is InChI=1S/C26H29NO5/c1-19(2)27(26(30)21-14-12-20(13-15-21)23-10-7-17-32-23)18-22-8-3-4-9-24(22)31-16-6-5-11-25(28)29/h3-4,7-10,12-15,17,19H,5-6,11,16,18H2,1-2H3,(H,28,29)/i18D. The minimum atomic E-state index is -0.961. The molecule has 2 aromatic carbocycles. The van der Waals surface area contributed by atoms with Gasteiger partial charge in [-0.05, 0) is 57.0 Å². The number of ether oxygens (including phenoxy) is 1. The lowest BCUT2D eigenvalue weighted by atomic mass is 10.1. The summed E-state index contributed by atoms with van der Waals surface area (Å²) in [6, 6.07) is 17.8. The van der Waals surface area contributed by atoms with Crippen molar-refractivity contribution in [3.8, 4) is 17.1 Å². The lowest BCUT2D eigenvalue weighted by Gasteiger charge is -2.28. The molecule has 0 spiro atoms. The fourth-order valence-corrected chi connectivity index (χ4v) is 3.24. The zero-order valence-corrected chi connectivity index (χ0v) is 18.4. The van der Waals surface area contributed by atoms with E-state index in [1.165, 1.54) is 4.90 Å². The Morgan fingerprint density at radius 2 is 1.81 bits per heavy atom. The Kier molecular flexibility index (Phi) is 7.58. The summed E-state index contributed by atoms with van der Waals surface area (Å²) in [5.41, 5.74) is 1.95. The number of rotatable bonds is 11. The maximum atomic E-state index is 13.4. The number of hydrogen-bond acceptors (Lipinski definition) is 4. The van der Waals surface area contributed by atoms with E-state index in [0.29, 0.717) is 36.3 Å². The first-order chi connectivity index (χ1) is 15.9. The number of hydrogen-bond donors (Lipinski definition) is 1. The maximum absolute atomic E-state index is 13.4. The molecule has 3 rings (SSSR count). The van der Waals surface area contributed by atoms with E-state index in [4.69, 9.17) is 15.6 Å². The van der Waals surface area contributed by atoms with E-state index < -0.39 is 12.5 Å². The van der Waals surface area contributed by atoms with Crippen molar-refractivity contribution in [2.45, 2.75) is 45.7 Å². The van der Waals surface area contributed by atoms with Crippen LogP contribution in [0.2, 0.25) is 0 Å². The molecule has 0 aliphatic carbocycles. The maximum Gasteiger partial charge on any atom is 0.303 e. The first-order valence-electron chi connectivity index (χ1n) is 11.3. The Labute approximate surface area is 189 Å². The van der Waals surface area contributed by atoms with Gasteiger partial charge in [0.1, 0.15) is 11.5 Å². The normalized spacial score (nSPS) is 12.3. The van der Waals surface area contributed by atoms with Gasteiger partial charge in [0, 0.05) is 35.7 Å². The van der Waals surface area contributed by atoms with Gasteiger partial charge in [-0.1, -0.05) is 30.3 Å². The molecule has 1 N–H and O–H groups in total. The van der Waals surface area contributed by atoms with Gasteiger partial charge in [0.05, 0.1) is 14.2 Å². The highest BCUT2D eigenvalue weighted by Crippen LogP contribution is 2.24. The van der Waals surface area contributed by atoms with E-state index in [-0.39, 0.29) is 18.4 Å². The number of benzene rings is 2. The second kappa shape index (κ2) is 11.2. The second-order valence-corrected chi connectivity index (χ2v) is 7.73. The van der Waals surface area contributed by atoms with Crippen LogP contribution >= 0.6 is 0 Å². The number of unbranched alkanes of at least 4 members (excludes halogenated alkanes) is 1. The molecule has 0 fully saturated rings. The predicted octanol–water partition coefficient (Wildman–Crippen LogP) is 5.63. The predicted molar refractivity (Wildman–Crippen MR) is 123 cm³/mol. The second-order valence-electron chi connectivity index (χ2n) is 7.73. The van der Waals surface area contributed by atoms with Gasteiger partial charge in [-0.15, -0.1) is 0 Å². The van der Waals surface area contributed by atoms with Crippen LogP contribution in [-0.4, -0.2) is 34.5 Å². The molecule has 1 atom stereocenters. The summed E-state index contributed by atoms with van der Waals surface area (Å²) in [7, 11) is 0. The van der Waals surface area contributed by atoms with Crippen LogP contribution in [0.3, 0.4) is 0 Å².